The summed E-state index contributed by atoms with van der Waals surface area (Å²) in [6.45, 7) is 2.17. The summed E-state index contributed by atoms with van der Waals surface area (Å²) in [6.07, 6.45) is 1.29. The number of amides is 1. The fourth-order valence-electron chi connectivity index (χ4n) is 1.30. The van der Waals surface area contributed by atoms with Crippen LogP contribution in [0.5, 0.6) is 0 Å². The third-order valence-electron chi connectivity index (χ3n) is 2.04. The first kappa shape index (κ1) is 10.3. The molecule has 0 aliphatic carbocycles. The predicted molar refractivity (Wildman–Crippen MR) is 53.4 cm³/mol. The zero-order valence-corrected chi connectivity index (χ0v) is 8.97. The van der Waals surface area contributed by atoms with E-state index in [1.807, 2.05) is 0 Å². The van der Waals surface area contributed by atoms with Crippen LogP contribution in [-0.2, 0) is 6.54 Å². The molecule has 0 aromatic carbocycles. The van der Waals surface area contributed by atoms with E-state index in [0.29, 0.717) is 12.2 Å². The molecule has 1 N–H and O–H groups in total. The molecule has 84 valence electrons. The Hall–Kier alpha value is -2.18. The van der Waals surface area contributed by atoms with Crippen LogP contribution in [0.3, 0.4) is 0 Å². The SMILES string of the molecule is Cc1cc(CN(C)C(=O)c2ncn[nH]2)no1. The summed E-state index contributed by atoms with van der Waals surface area (Å²) in [4.78, 5) is 17.0. The monoisotopic (exact) mass is 221 g/mol. The quantitative estimate of drug-likeness (QED) is 0.809. The van der Waals surface area contributed by atoms with Crippen molar-refractivity contribution in [3.05, 3.63) is 29.7 Å². The van der Waals surface area contributed by atoms with Gasteiger partial charge in [0.15, 0.2) is 0 Å². The normalized spacial score (nSPS) is 10.4. The second kappa shape index (κ2) is 4.13. The Labute approximate surface area is 91.5 Å². The van der Waals surface area contributed by atoms with E-state index >= 15 is 0 Å². The molecule has 0 fully saturated rings. The van der Waals surface area contributed by atoms with Gasteiger partial charge in [-0.2, -0.15) is 5.10 Å². The van der Waals surface area contributed by atoms with E-state index < -0.39 is 0 Å². The van der Waals surface area contributed by atoms with Gasteiger partial charge in [0.1, 0.15) is 17.8 Å². The number of carbonyl (C=O) groups is 1. The van der Waals surface area contributed by atoms with Crippen LogP contribution in [0, 0.1) is 6.92 Å². The highest BCUT2D eigenvalue weighted by Gasteiger charge is 2.15. The largest absolute Gasteiger partial charge is 0.361 e. The summed E-state index contributed by atoms with van der Waals surface area (Å²) in [5.74, 6) is 0.691. The molecule has 1 amide bonds. The lowest BCUT2D eigenvalue weighted by atomic mass is 10.3. The Morgan fingerprint density at radius 1 is 1.62 bits per heavy atom. The Kier molecular flexibility index (Phi) is 2.67. The lowest BCUT2D eigenvalue weighted by Gasteiger charge is -2.12. The lowest BCUT2D eigenvalue weighted by molar-refractivity contribution is 0.0770. The lowest BCUT2D eigenvalue weighted by Crippen LogP contribution is -2.27. The standard InChI is InChI=1S/C9H11N5O2/c1-6-3-7(13-16-6)4-14(2)9(15)8-10-5-11-12-8/h3,5H,4H2,1-2H3,(H,10,11,12). The highest BCUT2D eigenvalue weighted by Crippen LogP contribution is 2.06. The molecule has 0 bridgehead atoms. The first-order valence-electron chi connectivity index (χ1n) is 4.70. The molecule has 0 unspecified atom stereocenters. The van der Waals surface area contributed by atoms with Gasteiger partial charge < -0.3 is 9.42 Å². The fourth-order valence-corrected chi connectivity index (χ4v) is 1.30. The zero-order valence-electron chi connectivity index (χ0n) is 8.97. The summed E-state index contributed by atoms with van der Waals surface area (Å²) in [6, 6.07) is 1.78. The Balaban J connectivity index is 2.03. The highest BCUT2D eigenvalue weighted by molar-refractivity contribution is 5.89. The van der Waals surface area contributed by atoms with Crippen molar-refractivity contribution in [1.82, 2.24) is 25.2 Å². The summed E-state index contributed by atoms with van der Waals surface area (Å²) in [5.41, 5.74) is 0.702. The van der Waals surface area contributed by atoms with Crippen LogP contribution in [0.25, 0.3) is 0 Å². The van der Waals surface area contributed by atoms with Crippen LogP contribution in [0.2, 0.25) is 0 Å². The van der Waals surface area contributed by atoms with Gasteiger partial charge in [-0.05, 0) is 6.92 Å². The topological polar surface area (TPSA) is 87.9 Å². The summed E-state index contributed by atoms with van der Waals surface area (Å²) in [7, 11) is 1.66. The minimum atomic E-state index is -0.238. The molecule has 0 aliphatic rings. The van der Waals surface area contributed by atoms with E-state index in [1.165, 1.54) is 11.2 Å². The number of aromatic amines is 1. The zero-order chi connectivity index (χ0) is 11.5. The predicted octanol–water partition coefficient (Wildman–Crippen LogP) is 0.373. The van der Waals surface area contributed by atoms with Gasteiger partial charge in [-0.1, -0.05) is 5.16 Å². The van der Waals surface area contributed by atoms with E-state index in [9.17, 15) is 4.79 Å². The number of aryl methyl sites for hydroxylation is 1. The second-order valence-electron chi connectivity index (χ2n) is 3.42. The number of rotatable bonds is 3. The Bertz CT molecular complexity index is 476. The average molecular weight is 221 g/mol. The van der Waals surface area contributed by atoms with Gasteiger partial charge in [-0.25, -0.2) is 4.98 Å². The first-order valence-corrected chi connectivity index (χ1v) is 4.70. The number of nitrogens with zero attached hydrogens (tertiary/aromatic N) is 4. The average Bonchev–Trinajstić information content (AvgIpc) is 2.88. The van der Waals surface area contributed by atoms with Crippen molar-refractivity contribution in [2.24, 2.45) is 0 Å². The van der Waals surface area contributed by atoms with Crippen molar-refractivity contribution in [2.75, 3.05) is 7.05 Å². The molecule has 0 saturated carbocycles. The van der Waals surface area contributed by atoms with E-state index in [2.05, 4.69) is 20.3 Å². The molecular weight excluding hydrogens is 210 g/mol. The molecule has 0 spiro atoms. The Morgan fingerprint density at radius 2 is 2.44 bits per heavy atom. The maximum absolute atomic E-state index is 11.8. The van der Waals surface area contributed by atoms with Gasteiger partial charge in [0, 0.05) is 13.1 Å². The number of H-pyrrole nitrogens is 1. The maximum atomic E-state index is 11.8. The summed E-state index contributed by atoms with van der Waals surface area (Å²) >= 11 is 0. The van der Waals surface area contributed by atoms with Crippen LogP contribution >= 0.6 is 0 Å². The number of hydrogen-bond acceptors (Lipinski definition) is 5. The molecule has 7 nitrogen and oxygen atoms in total. The minimum Gasteiger partial charge on any atom is -0.361 e. The van der Waals surface area contributed by atoms with Crippen LogP contribution in [0.1, 0.15) is 22.1 Å². The molecule has 0 saturated heterocycles. The van der Waals surface area contributed by atoms with Crippen molar-refractivity contribution in [3.63, 3.8) is 0 Å². The third kappa shape index (κ3) is 2.08. The van der Waals surface area contributed by atoms with Crippen LogP contribution in [0.4, 0.5) is 0 Å². The number of carbonyl (C=O) groups excluding carboxylic acids is 1. The Morgan fingerprint density at radius 3 is 3.00 bits per heavy atom. The molecule has 2 aromatic rings. The first-order chi connectivity index (χ1) is 7.66. The summed E-state index contributed by atoms with van der Waals surface area (Å²) < 4.78 is 4.91. The van der Waals surface area contributed by atoms with Crippen molar-refractivity contribution < 1.29 is 9.32 Å². The molecule has 7 heteroatoms. The van der Waals surface area contributed by atoms with Gasteiger partial charge >= 0.3 is 0 Å². The number of aromatic nitrogens is 4. The third-order valence-corrected chi connectivity index (χ3v) is 2.04. The van der Waals surface area contributed by atoms with Crippen molar-refractivity contribution in [3.8, 4) is 0 Å². The van der Waals surface area contributed by atoms with Gasteiger partial charge in [-0.3, -0.25) is 9.89 Å². The van der Waals surface area contributed by atoms with Gasteiger partial charge in [0.25, 0.3) is 5.91 Å². The highest BCUT2D eigenvalue weighted by atomic mass is 16.5. The van der Waals surface area contributed by atoms with Crippen LogP contribution in [-0.4, -0.2) is 38.2 Å². The maximum Gasteiger partial charge on any atom is 0.291 e. The summed E-state index contributed by atoms with van der Waals surface area (Å²) in [5, 5.41) is 9.94. The van der Waals surface area contributed by atoms with E-state index in [0.717, 1.165) is 5.76 Å². The van der Waals surface area contributed by atoms with Crippen LogP contribution in [0.15, 0.2) is 16.9 Å². The van der Waals surface area contributed by atoms with Gasteiger partial charge in [0.05, 0.1) is 6.54 Å². The van der Waals surface area contributed by atoms with Gasteiger partial charge in [0.2, 0.25) is 5.82 Å². The number of nitrogens with one attached hydrogen (secondary N) is 1. The van der Waals surface area contributed by atoms with Crippen molar-refractivity contribution in [1.29, 1.82) is 0 Å². The minimum absolute atomic E-state index is 0.211. The molecule has 0 radical (unpaired) electrons. The van der Waals surface area contributed by atoms with E-state index in [4.69, 9.17) is 4.52 Å². The molecule has 2 heterocycles. The van der Waals surface area contributed by atoms with Crippen molar-refractivity contribution in [2.45, 2.75) is 13.5 Å². The molecule has 2 rings (SSSR count). The molecular formula is C9H11N5O2. The van der Waals surface area contributed by atoms with Gasteiger partial charge in [-0.15, -0.1) is 0 Å². The van der Waals surface area contributed by atoms with Crippen molar-refractivity contribution >= 4 is 5.91 Å². The fraction of sp³-hybridized carbons (Fsp3) is 0.333. The molecule has 16 heavy (non-hydrogen) atoms. The smallest absolute Gasteiger partial charge is 0.291 e. The second-order valence-corrected chi connectivity index (χ2v) is 3.42. The van der Waals surface area contributed by atoms with E-state index in [-0.39, 0.29) is 11.7 Å². The molecule has 0 aliphatic heterocycles. The van der Waals surface area contributed by atoms with E-state index in [1.54, 1.807) is 20.0 Å². The number of hydrogen-bond donors (Lipinski definition) is 1. The molecule has 0 atom stereocenters. The molecule has 2 aromatic heterocycles. The van der Waals surface area contributed by atoms with Crippen LogP contribution < -0.4 is 0 Å².